The summed E-state index contributed by atoms with van der Waals surface area (Å²) < 4.78 is 45.7. The molecule has 0 aliphatic heterocycles. The third-order valence-corrected chi connectivity index (χ3v) is 4.98. The molecule has 6 nitrogen and oxygen atoms in total. The maximum Gasteiger partial charge on any atom is 0.258 e. The third-order valence-electron chi connectivity index (χ3n) is 3.32. The van der Waals surface area contributed by atoms with E-state index in [0.29, 0.717) is 10.8 Å². The Morgan fingerprint density at radius 2 is 2.04 bits per heavy atom. The van der Waals surface area contributed by atoms with Crippen LogP contribution in [0.1, 0.15) is 10.4 Å². The van der Waals surface area contributed by atoms with Gasteiger partial charge in [-0.2, -0.15) is 0 Å². The molecule has 138 valence electrons. The molecule has 0 saturated carbocycles. The van der Waals surface area contributed by atoms with Crippen molar-refractivity contribution in [3.05, 3.63) is 65.5 Å². The number of nitrogens with one attached hydrogen (secondary N) is 2. The van der Waals surface area contributed by atoms with E-state index < -0.39 is 27.3 Å². The Bertz CT molecular complexity index is 948. The van der Waals surface area contributed by atoms with E-state index in [0.717, 1.165) is 18.2 Å². The van der Waals surface area contributed by atoms with Gasteiger partial charge in [0.05, 0.1) is 23.3 Å². The Kier molecular flexibility index (Phi) is 6.36. The highest BCUT2D eigenvalue weighted by molar-refractivity contribution is 7.89. The number of hydrogen-bond acceptors (Lipinski definition) is 4. The Hall–Kier alpha value is -2.42. The molecule has 0 aliphatic rings. The predicted octanol–water partition coefficient (Wildman–Crippen LogP) is 3.20. The first-order chi connectivity index (χ1) is 12.3. The minimum atomic E-state index is -3.90. The minimum absolute atomic E-state index is 0.000945. The molecule has 0 radical (unpaired) electrons. The maximum atomic E-state index is 14.1. The van der Waals surface area contributed by atoms with Gasteiger partial charge in [-0.05, 0) is 36.4 Å². The molecule has 0 saturated heterocycles. The largest absolute Gasteiger partial charge is 0.495 e. The van der Waals surface area contributed by atoms with Gasteiger partial charge < -0.3 is 10.1 Å². The molecule has 2 aromatic carbocycles. The zero-order valence-electron chi connectivity index (χ0n) is 13.8. The molecule has 0 fully saturated rings. The molecule has 26 heavy (non-hydrogen) atoms. The summed E-state index contributed by atoms with van der Waals surface area (Å²) in [5, 5.41) is 2.80. The van der Waals surface area contributed by atoms with Gasteiger partial charge in [0, 0.05) is 11.6 Å². The topological polar surface area (TPSA) is 84.5 Å². The van der Waals surface area contributed by atoms with Crippen molar-refractivity contribution in [2.24, 2.45) is 0 Å². The number of carbonyl (C=O) groups excluding carboxylic acids is 1. The predicted molar refractivity (Wildman–Crippen MR) is 97.7 cm³/mol. The SMILES string of the molecule is C=CCNS(=O)(=O)c1ccc(F)c(C(=O)Nc2cc(Cl)ccc2OC)c1. The second-order valence-corrected chi connectivity index (χ2v) is 7.28. The van der Waals surface area contributed by atoms with Crippen LogP contribution in [0.4, 0.5) is 10.1 Å². The molecule has 0 atom stereocenters. The lowest BCUT2D eigenvalue weighted by Gasteiger charge is -2.12. The van der Waals surface area contributed by atoms with Gasteiger partial charge >= 0.3 is 0 Å². The summed E-state index contributed by atoms with van der Waals surface area (Å²) in [5.41, 5.74) is -0.212. The minimum Gasteiger partial charge on any atom is -0.495 e. The van der Waals surface area contributed by atoms with E-state index in [1.807, 2.05) is 0 Å². The highest BCUT2D eigenvalue weighted by atomic mass is 35.5. The van der Waals surface area contributed by atoms with E-state index in [9.17, 15) is 17.6 Å². The summed E-state index contributed by atoms with van der Waals surface area (Å²) in [5.74, 6) is -1.39. The van der Waals surface area contributed by atoms with Crippen molar-refractivity contribution in [2.75, 3.05) is 19.0 Å². The molecule has 2 aromatic rings. The molecule has 0 aliphatic carbocycles. The second-order valence-electron chi connectivity index (χ2n) is 5.08. The summed E-state index contributed by atoms with van der Waals surface area (Å²) in [6, 6.07) is 7.46. The zero-order chi connectivity index (χ0) is 19.3. The Morgan fingerprint density at radius 1 is 1.31 bits per heavy atom. The van der Waals surface area contributed by atoms with Gasteiger partial charge in [0.2, 0.25) is 10.0 Å². The lowest BCUT2D eigenvalue weighted by atomic mass is 10.2. The lowest BCUT2D eigenvalue weighted by Crippen LogP contribution is -2.24. The molecule has 0 bridgehead atoms. The number of amides is 1. The van der Waals surface area contributed by atoms with Crippen molar-refractivity contribution in [3.63, 3.8) is 0 Å². The quantitative estimate of drug-likeness (QED) is 0.701. The lowest BCUT2D eigenvalue weighted by molar-refractivity contribution is 0.102. The summed E-state index contributed by atoms with van der Waals surface area (Å²) in [6.45, 7) is 3.41. The molecular formula is C17H16ClFN2O4S. The van der Waals surface area contributed by atoms with Gasteiger partial charge in [0.15, 0.2) is 0 Å². The molecule has 0 aromatic heterocycles. The first kappa shape index (κ1) is 19.9. The van der Waals surface area contributed by atoms with E-state index >= 15 is 0 Å². The molecule has 0 spiro atoms. The smallest absolute Gasteiger partial charge is 0.258 e. The van der Waals surface area contributed by atoms with E-state index in [1.54, 1.807) is 6.07 Å². The van der Waals surface area contributed by atoms with Crippen molar-refractivity contribution in [2.45, 2.75) is 4.90 Å². The van der Waals surface area contributed by atoms with E-state index in [-0.39, 0.29) is 17.1 Å². The third kappa shape index (κ3) is 4.60. The number of halogens is 2. The first-order valence-corrected chi connectivity index (χ1v) is 9.19. The van der Waals surface area contributed by atoms with Crippen molar-refractivity contribution in [1.82, 2.24) is 4.72 Å². The van der Waals surface area contributed by atoms with Gasteiger partial charge in [0.1, 0.15) is 11.6 Å². The average Bonchev–Trinajstić information content (AvgIpc) is 2.60. The molecule has 0 unspecified atom stereocenters. The number of anilines is 1. The molecule has 0 heterocycles. The zero-order valence-corrected chi connectivity index (χ0v) is 15.3. The van der Waals surface area contributed by atoms with Crippen LogP contribution in [0.3, 0.4) is 0 Å². The van der Waals surface area contributed by atoms with Gasteiger partial charge in [0.25, 0.3) is 5.91 Å². The van der Waals surface area contributed by atoms with Crippen LogP contribution >= 0.6 is 11.6 Å². The number of hydrogen-bond donors (Lipinski definition) is 2. The molecule has 2 rings (SSSR count). The normalized spacial score (nSPS) is 11.0. The number of rotatable bonds is 7. The fourth-order valence-corrected chi connectivity index (χ4v) is 3.26. The number of carbonyl (C=O) groups is 1. The van der Waals surface area contributed by atoms with Crippen LogP contribution in [0, 0.1) is 5.82 Å². The fraction of sp³-hybridized carbons (Fsp3) is 0.118. The van der Waals surface area contributed by atoms with Crippen LogP contribution in [0.2, 0.25) is 5.02 Å². The number of ether oxygens (including phenoxy) is 1. The Balaban J connectivity index is 2.36. The number of sulfonamides is 1. The van der Waals surface area contributed by atoms with E-state index in [2.05, 4.69) is 16.6 Å². The molecular weight excluding hydrogens is 383 g/mol. The second kappa shape index (κ2) is 8.31. The van der Waals surface area contributed by atoms with Crippen molar-refractivity contribution >= 4 is 33.2 Å². The Labute approximate surface area is 155 Å². The van der Waals surface area contributed by atoms with Gasteiger partial charge in [-0.15, -0.1) is 6.58 Å². The van der Waals surface area contributed by atoms with E-state index in [1.165, 1.54) is 25.3 Å². The number of benzene rings is 2. The molecule has 1 amide bonds. The molecule has 9 heteroatoms. The maximum absolute atomic E-state index is 14.1. The van der Waals surface area contributed by atoms with Crippen LogP contribution in [0.5, 0.6) is 5.75 Å². The summed E-state index contributed by atoms with van der Waals surface area (Å²) >= 11 is 5.89. The van der Waals surface area contributed by atoms with Crippen LogP contribution in [-0.4, -0.2) is 28.0 Å². The van der Waals surface area contributed by atoms with Crippen molar-refractivity contribution in [1.29, 1.82) is 0 Å². The fourth-order valence-electron chi connectivity index (χ4n) is 2.07. The Morgan fingerprint density at radius 3 is 2.69 bits per heavy atom. The average molecular weight is 399 g/mol. The van der Waals surface area contributed by atoms with Gasteiger partial charge in [-0.3, -0.25) is 4.79 Å². The van der Waals surface area contributed by atoms with Gasteiger partial charge in [-0.1, -0.05) is 17.7 Å². The first-order valence-electron chi connectivity index (χ1n) is 7.33. The van der Waals surface area contributed by atoms with Crippen LogP contribution in [-0.2, 0) is 10.0 Å². The van der Waals surface area contributed by atoms with Crippen molar-refractivity contribution in [3.8, 4) is 5.75 Å². The van der Waals surface area contributed by atoms with Crippen LogP contribution in [0.15, 0.2) is 53.9 Å². The standard InChI is InChI=1S/C17H16ClFN2O4S/c1-3-8-20-26(23,24)12-5-6-14(19)13(10-12)17(22)21-15-9-11(18)4-7-16(15)25-2/h3-7,9-10,20H,1,8H2,2H3,(H,21,22). The van der Waals surface area contributed by atoms with Crippen LogP contribution < -0.4 is 14.8 Å². The highest BCUT2D eigenvalue weighted by Crippen LogP contribution is 2.28. The highest BCUT2D eigenvalue weighted by Gasteiger charge is 2.20. The summed E-state index contributed by atoms with van der Waals surface area (Å²) in [7, 11) is -2.50. The summed E-state index contributed by atoms with van der Waals surface area (Å²) in [4.78, 5) is 12.2. The van der Waals surface area contributed by atoms with Gasteiger partial charge in [-0.25, -0.2) is 17.5 Å². The molecule has 2 N–H and O–H groups in total. The van der Waals surface area contributed by atoms with E-state index in [4.69, 9.17) is 16.3 Å². The summed E-state index contributed by atoms with van der Waals surface area (Å²) in [6.07, 6.45) is 1.36. The number of methoxy groups -OCH3 is 1. The van der Waals surface area contributed by atoms with Crippen molar-refractivity contribution < 1.29 is 22.3 Å². The van der Waals surface area contributed by atoms with Crippen LogP contribution in [0.25, 0.3) is 0 Å². The monoisotopic (exact) mass is 398 g/mol.